The average Bonchev–Trinajstić information content (AvgIpc) is 3.27. The van der Waals surface area contributed by atoms with Gasteiger partial charge in [0.25, 0.3) is 0 Å². The first-order valence-corrected chi connectivity index (χ1v) is 7.60. The molecule has 0 aliphatic heterocycles. The summed E-state index contributed by atoms with van der Waals surface area (Å²) in [4.78, 5) is 6.83. The molecule has 0 amide bonds. The van der Waals surface area contributed by atoms with E-state index in [1.165, 1.54) is 18.4 Å². The van der Waals surface area contributed by atoms with Crippen LogP contribution in [-0.2, 0) is 17.9 Å². The van der Waals surface area contributed by atoms with E-state index < -0.39 is 0 Å². The normalized spacial score (nSPS) is 15.2. The predicted molar refractivity (Wildman–Crippen MR) is 81.5 cm³/mol. The summed E-state index contributed by atoms with van der Waals surface area (Å²) < 4.78 is 5.69. The summed E-state index contributed by atoms with van der Waals surface area (Å²) in [5.74, 6) is 0. The third-order valence-electron chi connectivity index (χ3n) is 3.61. The van der Waals surface area contributed by atoms with Gasteiger partial charge in [0.05, 0.1) is 18.9 Å². The summed E-state index contributed by atoms with van der Waals surface area (Å²) in [6.45, 7) is 7.57. The van der Waals surface area contributed by atoms with Crippen molar-refractivity contribution in [1.29, 1.82) is 0 Å². The van der Waals surface area contributed by atoms with Crippen molar-refractivity contribution >= 4 is 0 Å². The lowest BCUT2D eigenvalue weighted by Crippen LogP contribution is -2.25. The zero-order chi connectivity index (χ0) is 14.4. The smallest absolute Gasteiger partial charge is 0.0888 e. The summed E-state index contributed by atoms with van der Waals surface area (Å²) in [5, 5.41) is 3.39. The molecule has 0 unspecified atom stereocenters. The number of hydrogen-bond donors (Lipinski definition) is 1. The molecule has 1 aliphatic carbocycles. The molecule has 2 rings (SSSR count). The zero-order valence-corrected chi connectivity index (χ0v) is 12.9. The number of hydrogen-bond acceptors (Lipinski definition) is 4. The highest BCUT2D eigenvalue weighted by molar-refractivity contribution is 5.13. The molecule has 0 spiro atoms. The van der Waals surface area contributed by atoms with E-state index in [0.717, 1.165) is 31.4 Å². The first-order valence-electron chi connectivity index (χ1n) is 7.60. The molecule has 1 aromatic heterocycles. The molecule has 1 N–H and O–H groups in total. The van der Waals surface area contributed by atoms with Crippen LogP contribution in [0.5, 0.6) is 0 Å². The second-order valence-corrected chi connectivity index (χ2v) is 5.96. The van der Waals surface area contributed by atoms with Crippen LogP contribution in [-0.4, -0.2) is 42.2 Å². The summed E-state index contributed by atoms with van der Waals surface area (Å²) in [5.41, 5.74) is 2.23. The van der Waals surface area contributed by atoms with E-state index in [0.29, 0.717) is 12.6 Å². The van der Waals surface area contributed by atoms with Gasteiger partial charge in [-0.2, -0.15) is 0 Å². The number of likely N-dealkylation sites (N-methyl/N-ethyl adjacent to an activating group) is 1. The van der Waals surface area contributed by atoms with Crippen LogP contribution in [0.1, 0.15) is 37.9 Å². The van der Waals surface area contributed by atoms with Crippen LogP contribution in [0.3, 0.4) is 0 Å². The van der Waals surface area contributed by atoms with Crippen LogP contribution in [0, 0.1) is 0 Å². The Morgan fingerprint density at radius 2 is 2.20 bits per heavy atom. The molecule has 1 heterocycles. The minimum absolute atomic E-state index is 0.501. The van der Waals surface area contributed by atoms with E-state index in [4.69, 9.17) is 4.74 Å². The fourth-order valence-electron chi connectivity index (χ4n) is 2.05. The molecule has 1 aromatic rings. The Balaban J connectivity index is 1.62. The van der Waals surface area contributed by atoms with Crippen molar-refractivity contribution in [2.24, 2.45) is 0 Å². The molecule has 4 heteroatoms. The molecule has 0 atom stereocenters. The van der Waals surface area contributed by atoms with E-state index in [1.54, 1.807) is 0 Å². The molecule has 4 nitrogen and oxygen atoms in total. The van der Waals surface area contributed by atoms with Crippen molar-refractivity contribution in [2.75, 3.05) is 20.2 Å². The molecule has 0 bridgehead atoms. The number of pyridine rings is 1. The van der Waals surface area contributed by atoms with E-state index in [2.05, 4.69) is 48.2 Å². The van der Waals surface area contributed by atoms with Crippen molar-refractivity contribution < 1.29 is 4.74 Å². The Kier molecular flexibility index (Phi) is 5.95. The number of aromatic nitrogens is 1. The fraction of sp³-hybridized carbons (Fsp3) is 0.688. The zero-order valence-electron chi connectivity index (χ0n) is 12.9. The van der Waals surface area contributed by atoms with Gasteiger partial charge in [0, 0.05) is 31.4 Å². The predicted octanol–water partition coefficient (Wildman–Crippen LogP) is 2.19. The quantitative estimate of drug-likeness (QED) is 0.702. The standard InChI is InChI=1S/C16H27N3O/c1-13(2)17-10-14-4-5-15(18-11-14)12-20-9-8-19(3)16-6-7-16/h4-5,11,13,16-17H,6-10,12H2,1-3H3. The SMILES string of the molecule is CC(C)NCc1ccc(COCCN(C)C2CC2)nc1. The van der Waals surface area contributed by atoms with Gasteiger partial charge >= 0.3 is 0 Å². The van der Waals surface area contributed by atoms with Crippen LogP contribution in [0.2, 0.25) is 0 Å². The molecule has 112 valence electrons. The second kappa shape index (κ2) is 7.72. The van der Waals surface area contributed by atoms with Crippen LogP contribution in [0.15, 0.2) is 18.3 Å². The van der Waals surface area contributed by atoms with Crippen LogP contribution in [0.4, 0.5) is 0 Å². The van der Waals surface area contributed by atoms with E-state index in [-0.39, 0.29) is 0 Å². The van der Waals surface area contributed by atoms with Gasteiger partial charge in [0.2, 0.25) is 0 Å². The van der Waals surface area contributed by atoms with Crippen molar-refractivity contribution in [1.82, 2.24) is 15.2 Å². The monoisotopic (exact) mass is 277 g/mol. The van der Waals surface area contributed by atoms with Crippen molar-refractivity contribution in [3.05, 3.63) is 29.6 Å². The maximum atomic E-state index is 5.69. The Morgan fingerprint density at radius 1 is 1.40 bits per heavy atom. The molecule has 0 saturated heterocycles. The highest BCUT2D eigenvalue weighted by atomic mass is 16.5. The summed E-state index contributed by atoms with van der Waals surface area (Å²) in [6, 6.07) is 5.49. The average molecular weight is 277 g/mol. The Bertz CT molecular complexity index is 387. The lowest BCUT2D eigenvalue weighted by Gasteiger charge is -2.15. The Hall–Kier alpha value is -0.970. The van der Waals surface area contributed by atoms with Crippen LogP contribution in [0.25, 0.3) is 0 Å². The van der Waals surface area contributed by atoms with E-state index >= 15 is 0 Å². The van der Waals surface area contributed by atoms with Gasteiger partial charge in [0.1, 0.15) is 0 Å². The van der Waals surface area contributed by atoms with Crippen molar-refractivity contribution in [3.8, 4) is 0 Å². The van der Waals surface area contributed by atoms with E-state index in [1.807, 2.05) is 6.20 Å². The molecule has 1 saturated carbocycles. The number of nitrogens with one attached hydrogen (secondary N) is 1. The van der Waals surface area contributed by atoms with Gasteiger partial charge in [-0.1, -0.05) is 19.9 Å². The van der Waals surface area contributed by atoms with Gasteiger partial charge in [-0.3, -0.25) is 4.98 Å². The van der Waals surface area contributed by atoms with Crippen molar-refractivity contribution in [3.63, 3.8) is 0 Å². The Labute approximate surface area is 122 Å². The first-order chi connectivity index (χ1) is 9.65. The molecule has 1 fully saturated rings. The van der Waals surface area contributed by atoms with Gasteiger partial charge in [0.15, 0.2) is 0 Å². The first kappa shape index (κ1) is 15.4. The van der Waals surface area contributed by atoms with Gasteiger partial charge in [-0.25, -0.2) is 0 Å². The lowest BCUT2D eigenvalue weighted by atomic mass is 10.2. The molecule has 1 aliphatic rings. The van der Waals surface area contributed by atoms with Gasteiger partial charge in [-0.05, 0) is 31.5 Å². The van der Waals surface area contributed by atoms with Crippen molar-refractivity contribution in [2.45, 2.75) is 51.9 Å². The number of ether oxygens (including phenoxy) is 1. The van der Waals surface area contributed by atoms with Crippen LogP contribution >= 0.6 is 0 Å². The number of rotatable bonds is 9. The minimum atomic E-state index is 0.501. The summed E-state index contributed by atoms with van der Waals surface area (Å²) >= 11 is 0. The largest absolute Gasteiger partial charge is 0.374 e. The lowest BCUT2D eigenvalue weighted by molar-refractivity contribution is 0.0957. The molecule has 0 radical (unpaired) electrons. The minimum Gasteiger partial charge on any atom is -0.374 e. The summed E-state index contributed by atoms with van der Waals surface area (Å²) in [6.07, 6.45) is 4.64. The topological polar surface area (TPSA) is 37.4 Å². The van der Waals surface area contributed by atoms with Gasteiger partial charge < -0.3 is 15.0 Å². The molecule has 20 heavy (non-hydrogen) atoms. The Morgan fingerprint density at radius 3 is 2.80 bits per heavy atom. The fourth-order valence-corrected chi connectivity index (χ4v) is 2.05. The van der Waals surface area contributed by atoms with Crippen LogP contribution < -0.4 is 5.32 Å². The summed E-state index contributed by atoms with van der Waals surface area (Å²) in [7, 11) is 2.18. The maximum absolute atomic E-state index is 5.69. The highest BCUT2D eigenvalue weighted by Gasteiger charge is 2.25. The third-order valence-corrected chi connectivity index (χ3v) is 3.61. The van der Waals surface area contributed by atoms with E-state index in [9.17, 15) is 0 Å². The molecular formula is C16H27N3O. The highest BCUT2D eigenvalue weighted by Crippen LogP contribution is 2.24. The van der Waals surface area contributed by atoms with Gasteiger partial charge in [-0.15, -0.1) is 0 Å². The second-order valence-electron chi connectivity index (χ2n) is 5.96. The number of nitrogens with zero attached hydrogens (tertiary/aromatic N) is 2. The maximum Gasteiger partial charge on any atom is 0.0888 e. The molecular weight excluding hydrogens is 250 g/mol. The molecule has 0 aromatic carbocycles. The third kappa shape index (κ3) is 5.57.